The van der Waals surface area contributed by atoms with E-state index in [4.69, 9.17) is 4.74 Å². The highest BCUT2D eigenvalue weighted by atomic mass is 16.5. The Balaban J connectivity index is 1.75. The van der Waals surface area contributed by atoms with Crippen LogP contribution in [0.3, 0.4) is 0 Å². The van der Waals surface area contributed by atoms with Crippen LogP contribution >= 0.6 is 0 Å². The van der Waals surface area contributed by atoms with Crippen molar-refractivity contribution in [1.29, 1.82) is 0 Å². The zero-order valence-corrected chi connectivity index (χ0v) is 12.8. The van der Waals surface area contributed by atoms with E-state index in [1.165, 1.54) is 0 Å². The van der Waals surface area contributed by atoms with Crippen LogP contribution in [0.15, 0.2) is 30.3 Å². The van der Waals surface area contributed by atoms with Crippen molar-refractivity contribution >= 4 is 16.8 Å². The fraction of sp³-hybridized carbons (Fsp3) is 0.412. The van der Waals surface area contributed by atoms with Gasteiger partial charge in [0.15, 0.2) is 0 Å². The first kappa shape index (κ1) is 14.8. The van der Waals surface area contributed by atoms with Crippen LogP contribution in [0.2, 0.25) is 0 Å². The van der Waals surface area contributed by atoms with E-state index in [2.05, 4.69) is 10.3 Å². The van der Waals surface area contributed by atoms with Crippen molar-refractivity contribution in [2.45, 2.75) is 31.9 Å². The number of amides is 1. The molecule has 0 radical (unpaired) electrons. The lowest BCUT2D eigenvalue weighted by atomic mass is 9.72. The summed E-state index contributed by atoms with van der Waals surface area (Å²) in [5, 5.41) is 13.7. The average molecular weight is 300 g/mol. The van der Waals surface area contributed by atoms with Gasteiger partial charge in [-0.15, -0.1) is 0 Å². The van der Waals surface area contributed by atoms with Gasteiger partial charge in [0.25, 0.3) is 0 Å². The summed E-state index contributed by atoms with van der Waals surface area (Å²) < 4.78 is 5.22. The van der Waals surface area contributed by atoms with Gasteiger partial charge < -0.3 is 15.2 Å². The molecular formula is C17H20N2O3. The summed E-state index contributed by atoms with van der Waals surface area (Å²) in [5.74, 6) is 0.436. The molecule has 5 nitrogen and oxygen atoms in total. The van der Waals surface area contributed by atoms with Crippen LogP contribution < -0.4 is 10.1 Å². The van der Waals surface area contributed by atoms with Crippen molar-refractivity contribution in [2.24, 2.45) is 5.92 Å². The number of nitrogens with one attached hydrogen (secondary N) is 1. The number of nitrogens with zero attached hydrogens (tertiary/aromatic N) is 1. The molecule has 116 valence electrons. The molecule has 0 atom stereocenters. The molecule has 0 spiro atoms. The molecule has 5 heteroatoms. The minimum atomic E-state index is -0.686. The second kappa shape index (κ2) is 5.57. The lowest BCUT2D eigenvalue weighted by molar-refractivity contribution is -0.139. The molecule has 2 aromatic rings. The predicted molar refractivity (Wildman–Crippen MR) is 83.5 cm³/mol. The van der Waals surface area contributed by atoms with E-state index in [9.17, 15) is 9.90 Å². The second-order valence-electron chi connectivity index (χ2n) is 6.16. The van der Waals surface area contributed by atoms with E-state index in [-0.39, 0.29) is 11.8 Å². The van der Waals surface area contributed by atoms with E-state index in [1.807, 2.05) is 30.3 Å². The van der Waals surface area contributed by atoms with E-state index in [0.717, 1.165) is 16.5 Å². The first-order valence-electron chi connectivity index (χ1n) is 7.41. The standard InChI is InChI=1S/C17H20N2O3/c1-17(21)8-12(9-17)16(20)18-10-11-7-15(22-2)19-14-6-4-3-5-13(11)14/h3-7,12,21H,8-10H2,1-2H3,(H,18,20). The molecule has 0 aliphatic heterocycles. The Morgan fingerprint density at radius 1 is 1.45 bits per heavy atom. The molecule has 0 saturated heterocycles. The normalized spacial score (nSPS) is 23.9. The molecule has 0 bridgehead atoms. The SMILES string of the molecule is COc1cc(CNC(=O)C2CC(C)(O)C2)c2ccccc2n1. The van der Waals surface area contributed by atoms with E-state index in [1.54, 1.807) is 14.0 Å². The Morgan fingerprint density at radius 3 is 2.86 bits per heavy atom. The third kappa shape index (κ3) is 2.90. The molecule has 1 aliphatic carbocycles. The molecule has 2 N–H and O–H groups in total. The Labute approximate surface area is 129 Å². The Morgan fingerprint density at radius 2 is 2.18 bits per heavy atom. The minimum Gasteiger partial charge on any atom is -0.481 e. The van der Waals surface area contributed by atoms with Crippen LogP contribution in [0.4, 0.5) is 0 Å². The molecule has 1 fully saturated rings. The third-order valence-electron chi connectivity index (χ3n) is 4.18. The monoisotopic (exact) mass is 300 g/mol. The first-order chi connectivity index (χ1) is 10.5. The Bertz CT molecular complexity index is 704. The number of aromatic nitrogens is 1. The Hall–Kier alpha value is -2.14. The number of methoxy groups -OCH3 is 1. The lowest BCUT2D eigenvalue weighted by Gasteiger charge is -2.39. The highest BCUT2D eigenvalue weighted by Crippen LogP contribution is 2.37. The number of benzene rings is 1. The van der Waals surface area contributed by atoms with E-state index < -0.39 is 5.60 Å². The van der Waals surface area contributed by atoms with Crippen LogP contribution in [-0.4, -0.2) is 28.7 Å². The van der Waals surface area contributed by atoms with Gasteiger partial charge in [0.1, 0.15) is 0 Å². The van der Waals surface area contributed by atoms with Crippen LogP contribution in [0.5, 0.6) is 5.88 Å². The van der Waals surface area contributed by atoms with Crippen molar-refractivity contribution < 1.29 is 14.6 Å². The number of para-hydroxylation sites is 1. The lowest BCUT2D eigenvalue weighted by Crippen LogP contribution is -2.48. The van der Waals surface area contributed by atoms with Gasteiger partial charge in [-0.1, -0.05) is 18.2 Å². The van der Waals surface area contributed by atoms with Gasteiger partial charge in [0.05, 0.1) is 18.2 Å². The zero-order valence-electron chi connectivity index (χ0n) is 12.8. The fourth-order valence-electron chi connectivity index (χ4n) is 2.99. The van der Waals surface area contributed by atoms with Crippen LogP contribution in [0, 0.1) is 5.92 Å². The highest BCUT2D eigenvalue weighted by Gasteiger charge is 2.42. The Kier molecular flexibility index (Phi) is 3.74. The van der Waals surface area contributed by atoms with Gasteiger partial charge >= 0.3 is 0 Å². The van der Waals surface area contributed by atoms with Crippen molar-refractivity contribution in [1.82, 2.24) is 10.3 Å². The van der Waals surface area contributed by atoms with Gasteiger partial charge in [0.2, 0.25) is 11.8 Å². The van der Waals surface area contributed by atoms with Crippen molar-refractivity contribution in [3.63, 3.8) is 0 Å². The largest absolute Gasteiger partial charge is 0.481 e. The smallest absolute Gasteiger partial charge is 0.223 e. The van der Waals surface area contributed by atoms with Gasteiger partial charge in [-0.3, -0.25) is 4.79 Å². The molecule has 0 unspecified atom stereocenters. The maximum atomic E-state index is 12.1. The maximum Gasteiger partial charge on any atom is 0.223 e. The number of fused-ring (bicyclic) bond motifs is 1. The summed E-state index contributed by atoms with van der Waals surface area (Å²) in [6, 6.07) is 9.63. The first-order valence-corrected chi connectivity index (χ1v) is 7.41. The average Bonchev–Trinajstić information content (AvgIpc) is 2.49. The van der Waals surface area contributed by atoms with Crippen LogP contribution in [0.25, 0.3) is 10.9 Å². The quantitative estimate of drug-likeness (QED) is 0.906. The molecular weight excluding hydrogens is 280 g/mol. The maximum absolute atomic E-state index is 12.1. The number of hydrogen-bond donors (Lipinski definition) is 2. The predicted octanol–water partition coefficient (Wildman–Crippen LogP) is 2.02. The fourth-order valence-corrected chi connectivity index (χ4v) is 2.99. The summed E-state index contributed by atoms with van der Waals surface area (Å²) in [5.41, 5.74) is 1.13. The van der Waals surface area contributed by atoms with Crippen LogP contribution in [0.1, 0.15) is 25.3 Å². The van der Waals surface area contributed by atoms with Gasteiger partial charge in [-0.25, -0.2) is 4.98 Å². The molecule has 1 aromatic heterocycles. The number of pyridine rings is 1. The summed E-state index contributed by atoms with van der Waals surface area (Å²) in [4.78, 5) is 16.5. The summed E-state index contributed by atoms with van der Waals surface area (Å²) in [6.45, 7) is 2.19. The van der Waals surface area contributed by atoms with Crippen molar-refractivity contribution in [3.8, 4) is 5.88 Å². The topological polar surface area (TPSA) is 71.5 Å². The summed E-state index contributed by atoms with van der Waals surface area (Å²) in [6.07, 6.45) is 1.05. The van der Waals surface area contributed by atoms with Crippen molar-refractivity contribution in [2.75, 3.05) is 7.11 Å². The highest BCUT2D eigenvalue weighted by molar-refractivity contribution is 5.84. The molecule has 3 rings (SSSR count). The molecule has 1 heterocycles. The van der Waals surface area contributed by atoms with Gasteiger partial charge in [0, 0.05) is 23.9 Å². The molecule has 1 saturated carbocycles. The van der Waals surface area contributed by atoms with Crippen molar-refractivity contribution in [3.05, 3.63) is 35.9 Å². The van der Waals surface area contributed by atoms with Gasteiger partial charge in [-0.05, 0) is 31.4 Å². The number of aliphatic hydroxyl groups is 1. The van der Waals surface area contributed by atoms with Crippen LogP contribution in [-0.2, 0) is 11.3 Å². The van der Waals surface area contributed by atoms with E-state index >= 15 is 0 Å². The molecule has 22 heavy (non-hydrogen) atoms. The van der Waals surface area contributed by atoms with Gasteiger partial charge in [-0.2, -0.15) is 0 Å². The number of rotatable bonds is 4. The number of carbonyl (C=O) groups excluding carboxylic acids is 1. The second-order valence-corrected chi connectivity index (χ2v) is 6.16. The number of hydrogen-bond acceptors (Lipinski definition) is 4. The minimum absolute atomic E-state index is 0.00798. The number of ether oxygens (including phenoxy) is 1. The molecule has 1 aliphatic rings. The summed E-state index contributed by atoms with van der Waals surface area (Å²) >= 11 is 0. The third-order valence-corrected chi connectivity index (χ3v) is 4.18. The zero-order chi connectivity index (χ0) is 15.7. The number of carbonyl (C=O) groups is 1. The molecule has 1 amide bonds. The molecule has 1 aromatic carbocycles. The summed E-state index contributed by atoms with van der Waals surface area (Å²) in [7, 11) is 1.58. The van der Waals surface area contributed by atoms with E-state index in [0.29, 0.717) is 25.3 Å².